The SMILES string of the molecule is O=C1CCC(Nc2ccc(N3CC(N4CCC(CCOc5cc(F)c6c(=O)[nH]c(CSC7CCOCC7)nc6c5)CC4)C3)cc2)C(=O)N1. The van der Waals surface area contributed by atoms with Crippen LogP contribution in [0, 0.1) is 11.7 Å². The van der Waals surface area contributed by atoms with Gasteiger partial charge < -0.3 is 24.7 Å². The van der Waals surface area contributed by atoms with Crippen molar-refractivity contribution in [1.82, 2.24) is 20.2 Å². The quantitative estimate of drug-likeness (QED) is 0.256. The lowest BCUT2D eigenvalue weighted by Gasteiger charge is -2.48. The number of nitrogens with one attached hydrogen (secondary N) is 3. The van der Waals surface area contributed by atoms with Crippen molar-refractivity contribution in [3.05, 3.63) is 58.4 Å². The summed E-state index contributed by atoms with van der Waals surface area (Å²) in [7, 11) is 0. The lowest BCUT2D eigenvalue weighted by molar-refractivity contribution is -0.133. The van der Waals surface area contributed by atoms with Gasteiger partial charge in [0.05, 0.1) is 17.9 Å². The second-order valence-electron chi connectivity index (χ2n) is 13.3. The molecule has 48 heavy (non-hydrogen) atoms. The first-order valence-electron chi connectivity index (χ1n) is 17.1. The minimum absolute atomic E-state index is 0.0251. The van der Waals surface area contributed by atoms with E-state index in [1.165, 1.54) is 11.8 Å². The number of fused-ring (bicyclic) bond motifs is 1. The van der Waals surface area contributed by atoms with E-state index in [0.29, 0.717) is 59.5 Å². The molecule has 0 radical (unpaired) electrons. The van der Waals surface area contributed by atoms with Gasteiger partial charge in [0, 0.05) is 67.5 Å². The fraction of sp³-hybridized carbons (Fsp3) is 0.543. The maximum Gasteiger partial charge on any atom is 0.261 e. The Morgan fingerprint density at radius 3 is 2.54 bits per heavy atom. The van der Waals surface area contributed by atoms with Crippen molar-refractivity contribution in [2.24, 2.45) is 5.92 Å². The summed E-state index contributed by atoms with van der Waals surface area (Å²) in [6.07, 6.45) is 5.95. The first kappa shape index (κ1) is 32.8. The average molecular weight is 679 g/mol. The number of carbonyl (C=O) groups excluding carboxylic acids is 2. The van der Waals surface area contributed by atoms with Crippen molar-refractivity contribution in [1.29, 1.82) is 0 Å². The summed E-state index contributed by atoms with van der Waals surface area (Å²) in [4.78, 5) is 48.4. The number of hydrogen-bond donors (Lipinski definition) is 3. The van der Waals surface area contributed by atoms with Gasteiger partial charge in [-0.05, 0) is 81.8 Å². The van der Waals surface area contributed by atoms with Gasteiger partial charge in [0.1, 0.15) is 28.8 Å². The Bertz CT molecular complexity index is 1670. The Balaban J connectivity index is 0.834. The van der Waals surface area contributed by atoms with Gasteiger partial charge in [-0.25, -0.2) is 9.37 Å². The number of likely N-dealkylation sites (tertiary alicyclic amines) is 1. The van der Waals surface area contributed by atoms with Crippen LogP contribution >= 0.6 is 11.8 Å². The molecule has 256 valence electrons. The van der Waals surface area contributed by atoms with E-state index in [1.807, 2.05) is 12.1 Å². The predicted molar refractivity (Wildman–Crippen MR) is 184 cm³/mol. The molecule has 5 heterocycles. The van der Waals surface area contributed by atoms with Crippen LogP contribution in [-0.4, -0.2) is 90.0 Å². The third-order valence-corrected chi connectivity index (χ3v) is 11.4. The number of rotatable bonds is 11. The number of imide groups is 1. The van der Waals surface area contributed by atoms with E-state index in [1.54, 1.807) is 17.8 Å². The fourth-order valence-electron chi connectivity index (χ4n) is 7.09. The van der Waals surface area contributed by atoms with E-state index in [9.17, 15) is 18.8 Å². The molecular formula is C35H43FN6O5S. The number of H-pyrrole nitrogens is 1. The van der Waals surface area contributed by atoms with Gasteiger partial charge in [-0.15, -0.1) is 0 Å². The van der Waals surface area contributed by atoms with E-state index in [4.69, 9.17) is 9.47 Å². The molecule has 0 bridgehead atoms. The van der Waals surface area contributed by atoms with Gasteiger partial charge in [0.15, 0.2) is 0 Å². The number of hydrogen-bond acceptors (Lipinski definition) is 10. The highest BCUT2D eigenvalue weighted by Crippen LogP contribution is 2.30. The van der Waals surface area contributed by atoms with Crippen LogP contribution in [0.3, 0.4) is 0 Å². The number of benzene rings is 2. The van der Waals surface area contributed by atoms with Crippen molar-refractivity contribution < 1.29 is 23.5 Å². The number of nitrogens with zero attached hydrogens (tertiary/aromatic N) is 3. The molecule has 4 aliphatic heterocycles. The Morgan fingerprint density at radius 2 is 1.79 bits per heavy atom. The maximum atomic E-state index is 14.9. The van der Waals surface area contributed by atoms with Crippen LogP contribution in [0.2, 0.25) is 0 Å². The Labute approximate surface area is 283 Å². The summed E-state index contributed by atoms with van der Waals surface area (Å²) in [5.41, 5.74) is 1.92. The molecule has 13 heteroatoms. The van der Waals surface area contributed by atoms with Gasteiger partial charge in [-0.1, -0.05) is 0 Å². The summed E-state index contributed by atoms with van der Waals surface area (Å²) < 4.78 is 26.3. The summed E-state index contributed by atoms with van der Waals surface area (Å²) in [6.45, 7) is 6.13. The Kier molecular flexibility index (Phi) is 10.2. The highest BCUT2D eigenvalue weighted by atomic mass is 32.2. The second kappa shape index (κ2) is 14.8. The van der Waals surface area contributed by atoms with Crippen molar-refractivity contribution in [2.45, 2.75) is 68.0 Å². The van der Waals surface area contributed by atoms with Gasteiger partial charge in [-0.3, -0.25) is 24.6 Å². The molecule has 4 fully saturated rings. The number of aromatic nitrogens is 2. The molecule has 2 amide bonds. The molecule has 4 aliphatic rings. The van der Waals surface area contributed by atoms with Crippen LogP contribution in [0.5, 0.6) is 5.75 Å². The highest BCUT2D eigenvalue weighted by molar-refractivity contribution is 7.99. The van der Waals surface area contributed by atoms with Crippen LogP contribution in [0.1, 0.15) is 50.8 Å². The molecule has 1 aromatic heterocycles. The largest absolute Gasteiger partial charge is 0.493 e. The lowest BCUT2D eigenvalue weighted by atomic mass is 9.92. The summed E-state index contributed by atoms with van der Waals surface area (Å²) in [6, 6.07) is 11.3. The molecule has 1 unspecified atom stereocenters. The van der Waals surface area contributed by atoms with Crippen LogP contribution in [-0.2, 0) is 20.1 Å². The number of ether oxygens (including phenoxy) is 2. The van der Waals surface area contributed by atoms with Gasteiger partial charge >= 0.3 is 0 Å². The van der Waals surface area contributed by atoms with Crippen LogP contribution < -0.4 is 25.8 Å². The molecule has 0 spiro atoms. The van der Waals surface area contributed by atoms with Crippen molar-refractivity contribution in [3.8, 4) is 5.75 Å². The number of thioether (sulfide) groups is 1. The molecule has 4 saturated heterocycles. The minimum Gasteiger partial charge on any atom is -0.493 e. The molecule has 11 nitrogen and oxygen atoms in total. The van der Waals surface area contributed by atoms with Crippen LogP contribution in [0.25, 0.3) is 10.9 Å². The first-order valence-corrected chi connectivity index (χ1v) is 18.2. The average Bonchev–Trinajstić information content (AvgIpc) is 3.06. The van der Waals surface area contributed by atoms with E-state index in [2.05, 4.69) is 42.5 Å². The zero-order chi connectivity index (χ0) is 33.0. The maximum absolute atomic E-state index is 14.9. The highest BCUT2D eigenvalue weighted by Gasteiger charge is 2.34. The summed E-state index contributed by atoms with van der Waals surface area (Å²) >= 11 is 1.75. The fourth-order valence-corrected chi connectivity index (χ4v) is 8.14. The number of anilines is 2. The second-order valence-corrected chi connectivity index (χ2v) is 14.6. The smallest absolute Gasteiger partial charge is 0.261 e. The molecule has 7 rings (SSSR count). The zero-order valence-corrected chi connectivity index (χ0v) is 27.9. The zero-order valence-electron chi connectivity index (χ0n) is 27.0. The van der Waals surface area contributed by atoms with Crippen LogP contribution in [0.15, 0.2) is 41.2 Å². The molecule has 2 aromatic carbocycles. The van der Waals surface area contributed by atoms with E-state index >= 15 is 0 Å². The van der Waals surface area contributed by atoms with Crippen molar-refractivity contribution >= 4 is 45.9 Å². The Morgan fingerprint density at radius 1 is 1.02 bits per heavy atom. The number of amides is 2. The normalized spacial score (nSPS) is 21.7. The van der Waals surface area contributed by atoms with Gasteiger partial charge in [-0.2, -0.15) is 11.8 Å². The van der Waals surface area contributed by atoms with Crippen LogP contribution in [0.4, 0.5) is 15.8 Å². The standard InChI is InChI=1S/C35H43FN6O5S/c36-28-17-26(18-30-33(28)35(45)39-31(38-30)21-48-27-10-14-46-15-11-27)47-16-9-22-7-12-41(13-8-22)25-19-42(20-25)24-3-1-23(2-4-24)37-29-5-6-32(43)40-34(29)44/h1-4,17-18,22,25,27,29,37H,5-16,19-21H2,(H,38,39,45)(H,40,43,44). The number of aromatic amines is 1. The number of piperidine rings is 2. The molecule has 1 atom stereocenters. The Hall–Kier alpha value is -3.68. The first-order chi connectivity index (χ1) is 23.4. The van der Waals surface area contributed by atoms with Crippen molar-refractivity contribution in [2.75, 3.05) is 56.2 Å². The van der Waals surface area contributed by atoms with Gasteiger partial charge in [0.2, 0.25) is 11.8 Å². The minimum atomic E-state index is -0.609. The molecular weight excluding hydrogens is 635 g/mol. The lowest BCUT2D eigenvalue weighted by Crippen LogP contribution is -2.61. The van der Waals surface area contributed by atoms with Crippen molar-refractivity contribution in [3.63, 3.8) is 0 Å². The molecule has 0 aliphatic carbocycles. The monoisotopic (exact) mass is 678 g/mol. The van der Waals surface area contributed by atoms with E-state index in [0.717, 1.165) is 77.2 Å². The molecule has 3 N–H and O–H groups in total. The topological polar surface area (TPSA) is 129 Å². The van der Waals surface area contributed by atoms with E-state index in [-0.39, 0.29) is 23.2 Å². The summed E-state index contributed by atoms with van der Waals surface area (Å²) in [5, 5.41) is 6.07. The third-order valence-electron chi connectivity index (χ3n) is 10.0. The van der Waals surface area contributed by atoms with E-state index < -0.39 is 11.4 Å². The predicted octanol–water partition coefficient (Wildman–Crippen LogP) is 4.06. The number of halogens is 1. The number of carbonyl (C=O) groups is 2. The molecule has 3 aromatic rings. The summed E-state index contributed by atoms with van der Waals surface area (Å²) in [5.74, 6) is 1.01. The third kappa shape index (κ3) is 7.79. The van der Waals surface area contributed by atoms with Gasteiger partial charge in [0.25, 0.3) is 5.56 Å². The molecule has 0 saturated carbocycles.